The zero-order valence-electron chi connectivity index (χ0n) is 10.4. The quantitative estimate of drug-likeness (QED) is 0.608. The fraction of sp³-hybridized carbons (Fsp3) is 0.200. The number of nitrogens with two attached hydrogens (primary N) is 1. The number of hydrogen-bond donors (Lipinski definition) is 1. The fourth-order valence-electron chi connectivity index (χ4n) is 2.39. The van der Waals surface area contributed by atoms with E-state index in [2.05, 4.69) is 59.9 Å². The van der Waals surface area contributed by atoms with Gasteiger partial charge in [-0.3, -0.25) is 0 Å². The largest absolute Gasteiger partial charge is 0.485 e. The molecule has 2 nitrogen and oxygen atoms in total. The summed E-state index contributed by atoms with van der Waals surface area (Å²) in [6, 6.07) is 12.2. The van der Waals surface area contributed by atoms with Gasteiger partial charge in [-0.05, 0) is 61.7 Å². The molecule has 0 amide bonds. The van der Waals surface area contributed by atoms with Gasteiger partial charge in [-0.2, -0.15) is 0 Å². The van der Waals surface area contributed by atoms with Crippen LogP contribution in [0.4, 0.5) is 0 Å². The van der Waals surface area contributed by atoms with Crippen LogP contribution in [0.2, 0.25) is 0 Å². The van der Waals surface area contributed by atoms with Crippen molar-refractivity contribution >= 4 is 47.8 Å². The van der Waals surface area contributed by atoms with Crippen LogP contribution in [0.1, 0.15) is 29.7 Å². The van der Waals surface area contributed by atoms with E-state index in [0.29, 0.717) is 0 Å². The van der Waals surface area contributed by atoms with Gasteiger partial charge in [-0.25, -0.2) is 0 Å². The predicted molar refractivity (Wildman–Crippen MR) is 90.9 cm³/mol. The molecule has 2 unspecified atom stereocenters. The summed E-state index contributed by atoms with van der Waals surface area (Å²) >= 11 is 10.5. The van der Waals surface area contributed by atoms with E-state index in [-0.39, 0.29) is 12.1 Å². The van der Waals surface area contributed by atoms with Crippen LogP contribution in [-0.2, 0) is 0 Å². The van der Waals surface area contributed by atoms with Crippen LogP contribution < -0.4 is 10.5 Å². The maximum Gasteiger partial charge on any atom is 0.126 e. The van der Waals surface area contributed by atoms with Crippen molar-refractivity contribution in [3.8, 4) is 5.75 Å². The molecule has 2 atom stereocenters. The lowest BCUT2D eigenvalue weighted by Crippen LogP contribution is -2.24. The third-order valence-corrected chi connectivity index (χ3v) is 5.80. The van der Waals surface area contributed by atoms with E-state index in [1.165, 1.54) is 0 Å². The van der Waals surface area contributed by atoms with Crippen molar-refractivity contribution in [3.05, 3.63) is 60.9 Å². The first-order valence-corrected chi connectivity index (χ1v) is 8.59. The molecule has 2 aromatic carbocycles. The molecule has 0 radical (unpaired) electrons. The van der Waals surface area contributed by atoms with Crippen molar-refractivity contribution in [2.24, 2.45) is 5.73 Å². The molecule has 104 valence electrons. The van der Waals surface area contributed by atoms with Crippen LogP contribution in [0, 0.1) is 0 Å². The summed E-state index contributed by atoms with van der Waals surface area (Å²) in [7, 11) is 0. The first-order valence-electron chi connectivity index (χ1n) is 6.21. The lowest BCUT2D eigenvalue weighted by atomic mass is 9.94. The average molecular weight is 462 g/mol. The molecule has 1 aliphatic rings. The molecule has 0 aromatic heterocycles. The highest BCUT2D eigenvalue weighted by Crippen LogP contribution is 2.41. The summed E-state index contributed by atoms with van der Waals surface area (Å²) in [6.07, 6.45) is 0.763. The zero-order chi connectivity index (χ0) is 14.3. The lowest BCUT2D eigenvalue weighted by Gasteiger charge is -2.31. The Labute approximate surface area is 143 Å². The van der Waals surface area contributed by atoms with Crippen molar-refractivity contribution in [2.75, 3.05) is 0 Å². The second kappa shape index (κ2) is 5.79. The first kappa shape index (κ1) is 14.6. The minimum Gasteiger partial charge on any atom is -0.485 e. The minimum atomic E-state index is -0.0174. The van der Waals surface area contributed by atoms with Gasteiger partial charge in [0.1, 0.15) is 11.9 Å². The molecule has 0 saturated heterocycles. The van der Waals surface area contributed by atoms with E-state index in [1.54, 1.807) is 0 Å². The lowest BCUT2D eigenvalue weighted by molar-refractivity contribution is 0.161. The number of benzene rings is 2. The Morgan fingerprint density at radius 2 is 1.80 bits per heavy atom. The fourth-order valence-corrected chi connectivity index (χ4v) is 3.38. The summed E-state index contributed by atoms with van der Waals surface area (Å²) in [5.41, 5.74) is 8.47. The molecule has 3 rings (SSSR count). The first-order chi connectivity index (χ1) is 9.54. The van der Waals surface area contributed by atoms with Gasteiger partial charge in [0.15, 0.2) is 0 Å². The maximum atomic E-state index is 6.28. The van der Waals surface area contributed by atoms with Gasteiger partial charge in [-0.1, -0.05) is 28.1 Å². The topological polar surface area (TPSA) is 35.2 Å². The van der Waals surface area contributed by atoms with Crippen LogP contribution in [-0.4, -0.2) is 0 Å². The summed E-state index contributed by atoms with van der Waals surface area (Å²) in [5, 5.41) is 0. The smallest absolute Gasteiger partial charge is 0.126 e. The van der Waals surface area contributed by atoms with Gasteiger partial charge in [0, 0.05) is 31.4 Å². The number of halogens is 3. The Morgan fingerprint density at radius 1 is 1.00 bits per heavy atom. The van der Waals surface area contributed by atoms with E-state index >= 15 is 0 Å². The number of rotatable bonds is 1. The van der Waals surface area contributed by atoms with Crippen LogP contribution in [0.3, 0.4) is 0 Å². The normalized spacial score (nSPS) is 21.2. The van der Waals surface area contributed by atoms with E-state index < -0.39 is 0 Å². The number of fused-ring (bicyclic) bond motifs is 1. The maximum absolute atomic E-state index is 6.28. The molecule has 1 aliphatic heterocycles. The second-order valence-corrected chi connectivity index (χ2v) is 7.43. The molecular weight excluding hydrogens is 450 g/mol. The summed E-state index contributed by atoms with van der Waals surface area (Å²) < 4.78 is 9.17. The molecule has 0 spiro atoms. The van der Waals surface area contributed by atoms with Gasteiger partial charge < -0.3 is 10.5 Å². The minimum absolute atomic E-state index is 0.000674. The number of ether oxygens (including phenoxy) is 1. The predicted octanol–water partition coefficient (Wildman–Crippen LogP) is 5.50. The molecule has 2 N–H and O–H groups in total. The molecular formula is C15H12Br3NO. The molecule has 5 heteroatoms. The molecule has 20 heavy (non-hydrogen) atoms. The second-order valence-electron chi connectivity index (χ2n) is 4.80. The molecule has 0 fully saturated rings. The van der Waals surface area contributed by atoms with Crippen LogP contribution >= 0.6 is 47.8 Å². The zero-order valence-corrected chi connectivity index (χ0v) is 15.2. The summed E-state index contributed by atoms with van der Waals surface area (Å²) in [4.78, 5) is 0. The van der Waals surface area contributed by atoms with E-state index in [0.717, 1.165) is 36.7 Å². The molecule has 2 aromatic rings. The van der Waals surface area contributed by atoms with E-state index in [4.69, 9.17) is 10.5 Å². The van der Waals surface area contributed by atoms with Crippen molar-refractivity contribution in [1.82, 2.24) is 0 Å². The van der Waals surface area contributed by atoms with Gasteiger partial charge in [0.05, 0.1) is 0 Å². The van der Waals surface area contributed by atoms with Crippen LogP contribution in [0.5, 0.6) is 5.75 Å². The highest BCUT2D eigenvalue weighted by atomic mass is 79.9. The number of hydrogen-bond acceptors (Lipinski definition) is 2. The highest BCUT2D eigenvalue weighted by molar-refractivity contribution is 9.13. The summed E-state index contributed by atoms with van der Waals surface area (Å²) in [5.74, 6) is 0.863. The van der Waals surface area contributed by atoms with E-state index in [1.807, 2.05) is 24.3 Å². The van der Waals surface area contributed by atoms with Crippen molar-refractivity contribution in [2.45, 2.75) is 18.6 Å². The SMILES string of the molecule is NC1CC(c2ccc(Br)c(Br)c2)Oc2cc(Br)ccc21. The van der Waals surface area contributed by atoms with Gasteiger partial charge in [0.25, 0.3) is 0 Å². The van der Waals surface area contributed by atoms with Gasteiger partial charge in [-0.15, -0.1) is 0 Å². The van der Waals surface area contributed by atoms with Crippen molar-refractivity contribution < 1.29 is 4.74 Å². The van der Waals surface area contributed by atoms with Gasteiger partial charge >= 0.3 is 0 Å². The van der Waals surface area contributed by atoms with Gasteiger partial charge in [0.2, 0.25) is 0 Å². The highest BCUT2D eigenvalue weighted by Gasteiger charge is 2.27. The monoisotopic (exact) mass is 459 g/mol. The Hall–Kier alpha value is -0.360. The Morgan fingerprint density at radius 3 is 2.55 bits per heavy atom. The average Bonchev–Trinajstić information content (AvgIpc) is 2.41. The molecule has 0 saturated carbocycles. The Bertz CT molecular complexity index is 660. The van der Waals surface area contributed by atoms with E-state index in [9.17, 15) is 0 Å². The molecule has 0 bridgehead atoms. The molecule has 0 aliphatic carbocycles. The third kappa shape index (κ3) is 2.82. The standard InChI is InChI=1S/C15H12Br3NO/c16-9-2-3-10-13(19)7-14(20-15(10)6-9)8-1-4-11(17)12(18)5-8/h1-6,13-14H,7,19H2. The van der Waals surface area contributed by atoms with Crippen LogP contribution in [0.25, 0.3) is 0 Å². The van der Waals surface area contributed by atoms with Crippen LogP contribution in [0.15, 0.2) is 49.8 Å². The Balaban J connectivity index is 1.96. The Kier molecular flexibility index (Phi) is 4.22. The van der Waals surface area contributed by atoms with Crippen molar-refractivity contribution in [1.29, 1.82) is 0 Å². The third-order valence-electron chi connectivity index (χ3n) is 3.43. The molecule has 1 heterocycles. The van der Waals surface area contributed by atoms with Crippen molar-refractivity contribution in [3.63, 3.8) is 0 Å². The summed E-state index contributed by atoms with van der Waals surface area (Å²) in [6.45, 7) is 0.